The molecule has 0 aromatic heterocycles. The van der Waals surface area contributed by atoms with Gasteiger partial charge in [0.2, 0.25) is 5.24 Å². The SMILES string of the molecule is CCC(C(=O)Cl)c1cccc(C)c1. The van der Waals surface area contributed by atoms with Crippen LogP contribution in [0.4, 0.5) is 0 Å². The van der Waals surface area contributed by atoms with Crippen LogP contribution in [0.25, 0.3) is 0 Å². The van der Waals surface area contributed by atoms with Crippen molar-refractivity contribution in [3.05, 3.63) is 35.4 Å². The lowest BCUT2D eigenvalue weighted by atomic mass is 9.96. The first-order chi connectivity index (χ1) is 6.15. The monoisotopic (exact) mass is 196 g/mol. The van der Waals surface area contributed by atoms with E-state index in [9.17, 15) is 4.79 Å². The number of rotatable bonds is 3. The van der Waals surface area contributed by atoms with E-state index in [-0.39, 0.29) is 11.2 Å². The van der Waals surface area contributed by atoms with Crippen LogP contribution in [0.3, 0.4) is 0 Å². The van der Waals surface area contributed by atoms with Gasteiger partial charge in [0.15, 0.2) is 0 Å². The largest absolute Gasteiger partial charge is 0.281 e. The fraction of sp³-hybridized carbons (Fsp3) is 0.364. The van der Waals surface area contributed by atoms with Gasteiger partial charge in [0.05, 0.1) is 5.92 Å². The number of benzene rings is 1. The molecule has 0 amide bonds. The molecule has 0 radical (unpaired) electrons. The minimum atomic E-state index is -0.270. The fourth-order valence-corrected chi connectivity index (χ4v) is 1.69. The Balaban J connectivity index is 2.98. The summed E-state index contributed by atoms with van der Waals surface area (Å²) in [6, 6.07) is 7.91. The molecule has 0 heterocycles. The molecule has 2 heteroatoms. The van der Waals surface area contributed by atoms with E-state index >= 15 is 0 Å². The lowest BCUT2D eigenvalue weighted by Crippen LogP contribution is -2.05. The summed E-state index contributed by atoms with van der Waals surface area (Å²) in [5.41, 5.74) is 2.18. The van der Waals surface area contributed by atoms with Crippen molar-refractivity contribution >= 4 is 16.8 Å². The predicted octanol–water partition coefficient (Wildman–Crippen LogP) is 3.25. The van der Waals surface area contributed by atoms with E-state index in [4.69, 9.17) is 11.6 Å². The van der Waals surface area contributed by atoms with Crippen molar-refractivity contribution in [3.63, 3.8) is 0 Å². The average molecular weight is 197 g/mol. The number of carbonyl (C=O) groups excluding carboxylic acids is 1. The molecule has 0 bridgehead atoms. The Bertz CT molecular complexity index is 307. The molecule has 0 aliphatic carbocycles. The van der Waals surface area contributed by atoms with E-state index in [0.717, 1.165) is 17.5 Å². The van der Waals surface area contributed by atoms with Crippen LogP contribution in [0.1, 0.15) is 30.4 Å². The molecule has 1 unspecified atom stereocenters. The van der Waals surface area contributed by atoms with E-state index < -0.39 is 0 Å². The van der Waals surface area contributed by atoms with E-state index in [1.165, 1.54) is 0 Å². The van der Waals surface area contributed by atoms with Crippen LogP contribution >= 0.6 is 11.6 Å². The molecule has 1 nitrogen and oxygen atoms in total. The topological polar surface area (TPSA) is 17.1 Å². The smallest absolute Gasteiger partial charge is 0.229 e. The highest BCUT2D eigenvalue weighted by Crippen LogP contribution is 2.22. The summed E-state index contributed by atoms with van der Waals surface area (Å²) in [6.45, 7) is 3.97. The molecule has 0 fully saturated rings. The van der Waals surface area contributed by atoms with Gasteiger partial charge in [0, 0.05) is 0 Å². The Morgan fingerprint density at radius 3 is 2.69 bits per heavy atom. The van der Waals surface area contributed by atoms with E-state index in [1.807, 2.05) is 38.1 Å². The van der Waals surface area contributed by atoms with Crippen LogP contribution in [0.15, 0.2) is 24.3 Å². The second-order valence-corrected chi connectivity index (χ2v) is 3.55. The van der Waals surface area contributed by atoms with Crippen molar-refractivity contribution in [1.29, 1.82) is 0 Å². The number of hydrogen-bond acceptors (Lipinski definition) is 1. The van der Waals surface area contributed by atoms with Gasteiger partial charge in [-0.3, -0.25) is 4.79 Å². The van der Waals surface area contributed by atoms with Crippen molar-refractivity contribution in [3.8, 4) is 0 Å². The van der Waals surface area contributed by atoms with Gasteiger partial charge in [-0.15, -0.1) is 0 Å². The lowest BCUT2D eigenvalue weighted by molar-refractivity contribution is -0.113. The zero-order chi connectivity index (χ0) is 9.84. The summed E-state index contributed by atoms with van der Waals surface area (Å²) in [7, 11) is 0. The highest BCUT2D eigenvalue weighted by Gasteiger charge is 2.15. The fourth-order valence-electron chi connectivity index (χ4n) is 1.41. The third-order valence-corrected chi connectivity index (χ3v) is 2.39. The number of halogens is 1. The van der Waals surface area contributed by atoms with E-state index in [2.05, 4.69) is 0 Å². The minimum Gasteiger partial charge on any atom is -0.281 e. The molecule has 1 atom stereocenters. The maximum atomic E-state index is 11.1. The summed E-state index contributed by atoms with van der Waals surface area (Å²) < 4.78 is 0. The molecule has 1 aromatic rings. The maximum absolute atomic E-state index is 11.1. The second kappa shape index (κ2) is 4.43. The quantitative estimate of drug-likeness (QED) is 0.679. The first kappa shape index (κ1) is 10.3. The Morgan fingerprint density at radius 2 is 2.23 bits per heavy atom. The standard InChI is InChI=1S/C11H13ClO/c1-3-10(11(12)13)9-6-4-5-8(2)7-9/h4-7,10H,3H2,1-2H3. The Morgan fingerprint density at radius 1 is 1.54 bits per heavy atom. The van der Waals surface area contributed by atoms with Crippen LogP contribution in [-0.2, 0) is 4.79 Å². The van der Waals surface area contributed by atoms with Crippen LogP contribution in [0, 0.1) is 6.92 Å². The summed E-state index contributed by atoms with van der Waals surface area (Å²) in [5.74, 6) is -0.151. The molecule has 13 heavy (non-hydrogen) atoms. The number of aryl methyl sites for hydroxylation is 1. The molecular formula is C11H13ClO. The van der Waals surface area contributed by atoms with Gasteiger partial charge in [-0.25, -0.2) is 0 Å². The summed E-state index contributed by atoms with van der Waals surface area (Å²) >= 11 is 5.49. The highest BCUT2D eigenvalue weighted by atomic mass is 35.5. The first-order valence-electron chi connectivity index (χ1n) is 4.41. The Kier molecular flexibility index (Phi) is 3.49. The summed E-state index contributed by atoms with van der Waals surface area (Å²) in [4.78, 5) is 11.1. The average Bonchev–Trinajstić information content (AvgIpc) is 2.04. The molecular weight excluding hydrogens is 184 g/mol. The summed E-state index contributed by atoms with van der Waals surface area (Å²) in [6.07, 6.45) is 0.756. The number of hydrogen-bond donors (Lipinski definition) is 0. The molecule has 70 valence electrons. The predicted molar refractivity (Wildman–Crippen MR) is 55.1 cm³/mol. The normalized spacial score (nSPS) is 12.5. The first-order valence-corrected chi connectivity index (χ1v) is 4.79. The van der Waals surface area contributed by atoms with Crippen LogP contribution in [0.5, 0.6) is 0 Å². The number of carbonyl (C=O) groups is 1. The van der Waals surface area contributed by atoms with Crippen molar-refractivity contribution in [2.24, 2.45) is 0 Å². The van der Waals surface area contributed by atoms with Crippen molar-refractivity contribution in [2.75, 3.05) is 0 Å². The van der Waals surface area contributed by atoms with Crippen molar-refractivity contribution in [2.45, 2.75) is 26.2 Å². The van der Waals surface area contributed by atoms with Gasteiger partial charge in [-0.05, 0) is 30.5 Å². The van der Waals surface area contributed by atoms with Crippen molar-refractivity contribution in [1.82, 2.24) is 0 Å². The van der Waals surface area contributed by atoms with Gasteiger partial charge < -0.3 is 0 Å². The molecule has 0 N–H and O–H groups in total. The van der Waals surface area contributed by atoms with Gasteiger partial charge in [0.25, 0.3) is 0 Å². The van der Waals surface area contributed by atoms with Gasteiger partial charge in [-0.2, -0.15) is 0 Å². The van der Waals surface area contributed by atoms with E-state index in [1.54, 1.807) is 0 Å². The molecule has 0 aliphatic rings. The molecule has 0 aliphatic heterocycles. The van der Waals surface area contributed by atoms with Gasteiger partial charge in [-0.1, -0.05) is 36.8 Å². The minimum absolute atomic E-state index is 0.151. The Labute approximate surface area is 83.7 Å². The van der Waals surface area contributed by atoms with Gasteiger partial charge in [0.1, 0.15) is 0 Å². The highest BCUT2D eigenvalue weighted by molar-refractivity contribution is 6.64. The second-order valence-electron chi connectivity index (χ2n) is 3.18. The van der Waals surface area contributed by atoms with Gasteiger partial charge >= 0.3 is 0 Å². The molecule has 0 saturated carbocycles. The van der Waals surface area contributed by atoms with Crippen LogP contribution in [-0.4, -0.2) is 5.24 Å². The third-order valence-electron chi connectivity index (χ3n) is 2.13. The molecule has 1 rings (SSSR count). The van der Waals surface area contributed by atoms with Crippen LogP contribution < -0.4 is 0 Å². The van der Waals surface area contributed by atoms with Crippen molar-refractivity contribution < 1.29 is 4.79 Å². The third kappa shape index (κ3) is 2.56. The zero-order valence-corrected chi connectivity index (χ0v) is 8.64. The zero-order valence-electron chi connectivity index (χ0n) is 7.88. The maximum Gasteiger partial charge on any atom is 0.229 e. The van der Waals surface area contributed by atoms with Crippen LogP contribution in [0.2, 0.25) is 0 Å². The Hall–Kier alpha value is -0.820. The lowest BCUT2D eigenvalue weighted by Gasteiger charge is -2.10. The molecule has 1 aromatic carbocycles. The molecule has 0 spiro atoms. The van der Waals surface area contributed by atoms with E-state index in [0.29, 0.717) is 0 Å². The molecule has 0 saturated heterocycles. The summed E-state index contributed by atoms with van der Waals surface area (Å²) in [5, 5.41) is -0.270.